The van der Waals surface area contributed by atoms with Crippen LogP contribution in [0, 0.1) is 0 Å². The maximum Gasteiger partial charge on any atom is 0.189 e. The van der Waals surface area contributed by atoms with Crippen LogP contribution in [0.2, 0.25) is 0 Å². The summed E-state index contributed by atoms with van der Waals surface area (Å²) < 4.78 is 0. The number of nitrogens with zero attached hydrogens (tertiary/aromatic N) is 2. The summed E-state index contributed by atoms with van der Waals surface area (Å²) in [7, 11) is 0. The van der Waals surface area contributed by atoms with Gasteiger partial charge in [-0.05, 0) is 6.08 Å². The van der Waals surface area contributed by atoms with Crippen LogP contribution in [0.5, 0.6) is 0 Å². The van der Waals surface area contributed by atoms with Crippen LogP contribution >= 0.6 is 0 Å². The number of hydrogen-bond donors (Lipinski definition) is 1. The zero-order chi connectivity index (χ0) is 6.97. The Balaban J connectivity index is 2.62. The second-order valence-electron chi connectivity index (χ2n) is 2.09. The molecule has 1 aliphatic rings. The Labute approximate surface area is 56.9 Å². The number of Topliss-reactive ketones (excluding diaryl/α,β-unsaturated/α-hetero) is 1. The van der Waals surface area contributed by atoms with Crippen molar-refractivity contribution in [3.05, 3.63) is 17.5 Å². The molecule has 0 atom stereocenters. The van der Waals surface area contributed by atoms with E-state index in [1.807, 2.05) is 0 Å². The molecule has 0 saturated carbocycles. The SMILES string of the molecule is O=C1CC=Cc2n[nH]nc21. The van der Waals surface area contributed by atoms with Gasteiger partial charge in [0.1, 0.15) is 5.69 Å². The first-order chi connectivity index (χ1) is 4.88. The number of fused-ring (bicyclic) bond motifs is 1. The molecule has 0 unspecified atom stereocenters. The molecule has 4 heteroatoms. The Kier molecular flexibility index (Phi) is 0.943. The van der Waals surface area contributed by atoms with Crippen LogP contribution in [0.3, 0.4) is 0 Å². The zero-order valence-electron chi connectivity index (χ0n) is 5.16. The largest absolute Gasteiger partial charge is 0.292 e. The topological polar surface area (TPSA) is 58.6 Å². The lowest BCUT2D eigenvalue weighted by atomic mass is 10.1. The normalized spacial score (nSPS) is 15.4. The Bertz CT molecular complexity index is 300. The third kappa shape index (κ3) is 0.586. The number of aromatic amines is 1. The minimum Gasteiger partial charge on any atom is -0.292 e. The van der Waals surface area contributed by atoms with Gasteiger partial charge in [-0.25, -0.2) is 0 Å². The number of rotatable bonds is 0. The standard InChI is InChI=1S/C6H5N3O/c10-5-3-1-2-4-6(5)8-9-7-4/h1-2H,3H2,(H,7,8,9). The molecule has 0 bridgehead atoms. The van der Waals surface area contributed by atoms with Gasteiger partial charge in [-0.15, -0.1) is 0 Å². The molecule has 4 nitrogen and oxygen atoms in total. The number of allylic oxidation sites excluding steroid dienone is 1. The maximum absolute atomic E-state index is 11.0. The van der Waals surface area contributed by atoms with Gasteiger partial charge in [0.05, 0.1) is 0 Å². The van der Waals surface area contributed by atoms with Crippen molar-refractivity contribution in [2.24, 2.45) is 0 Å². The molecular formula is C6H5N3O. The summed E-state index contributed by atoms with van der Waals surface area (Å²) >= 11 is 0. The number of nitrogens with one attached hydrogen (secondary N) is 1. The van der Waals surface area contributed by atoms with E-state index in [0.29, 0.717) is 17.8 Å². The summed E-state index contributed by atoms with van der Waals surface area (Å²) in [5.74, 6) is 0.0336. The first-order valence-corrected chi connectivity index (χ1v) is 2.98. The molecule has 0 spiro atoms. The van der Waals surface area contributed by atoms with Crippen LogP contribution in [0.25, 0.3) is 6.08 Å². The fourth-order valence-electron chi connectivity index (χ4n) is 0.935. The summed E-state index contributed by atoms with van der Waals surface area (Å²) in [6, 6.07) is 0. The minimum atomic E-state index is 0.0336. The highest BCUT2D eigenvalue weighted by Crippen LogP contribution is 2.12. The predicted molar refractivity (Wildman–Crippen MR) is 34.4 cm³/mol. The number of hydrogen-bond acceptors (Lipinski definition) is 3. The Hall–Kier alpha value is -1.45. The molecule has 10 heavy (non-hydrogen) atoms. The molecule has 0 saturated heterocycles. The number of carbonyl (C=O) groups is 1. The lowest BCUT2D eigenvalue weighted by Gasteiger charge is -1.97. The van der Waals surface area contributed by atoms with Gasteiger partial charge in [0.25, 0.3) is 0 Å². The van der Waals surface area contributed by atoms with Gasteiger partial charge in [0, 0.05) is 6.42 Å². The summed E-state index contributed by atoms with van der Waals surface area (Å²) in [5.41, 5.74) is 1.11. The van der Waals surface area contributed by atoms with Crippen LogP contribution < -0.4 is 0 Å². The summed E-state index contributed by atoms with van der Waals surface area (Å²) in [6.07, 6.45) is 4.02. The van der Waals surface area contributed by atoms with Crippen LogP contribution in [0.15, 0.2) is 6.08 Å². The van der Waals surface area contributed by atoms with Gasteiger partial charge in [-0.3, -0.25) is 4.79 Å². The number of H-pyrrole nitrogens is 1. The predicted octanol–water partition coefficient (Wildman–Crippen LogP) is 0.404. The van der Waals surface area contributed by atoms with Crippen LogP contribution in [-0.4, -0.2) is 21.2 Å². The van der Waals surface area contributed by atoms with Gasteiger partial charge >= 0.3 is 0 Å². The van der Waals surface area contributed by atoms with Crippen molar-refractivity contribution < 1.29 is 4.79 Å². The molecule has 2 rings (SSSR count). The summed E-state index contributed by atoms with van der Waals surface area (Å²) in [4.78, 5) is 11.0. The third-order valence-corrected chi connectivity index (χ3v) is 1.42. The van der Waals surface area contributed by atoms with Crippen molar-refractivity contribution in [3.8, 4) is 0 Å². The molecule has 0 aromatic carbocycles. The molecule has 50 valence electrons. The lowest BCUT2D eigenvalue weighted by Crippen LogP contribution is -2.03. The van der Waals surface area contributed by atoms with E-state index in [9.17, 15) is 4.79 Å². The average molecular weight is 135 g/mol. The Morgan fingerprint density at radius 2 is 2.40 bits per heavy atom. The van der Waals surface area contributed by atoms with Gasteiger partial charge < -0.3 is 0 Å². The summed E-state index contributed by atoms with van der Waals surface area (Å²) in [6.45, 7) is 0. The highest BCUT2D eigenvalue weighted by Gasteiger charge is 2.16. The van der Waals surface area contributed by atoms with Gasteiger partial charge in [0.15, 0.2) is 11.5 Å². The Morgan fingerprint density at radius 1 is 1.50 bits per heavy atom. The smallest absolute Gasteiger partial charge is 0.189 e. The van der Waals surface area contributed by atoms with E-state index in [1.165, 1.54) is 0 Å². The van der Waals surface area contributed by atoms with E-state index < -0.39 is 0 Å². The van der Waals surface area contributed by atoms with Crippen molar-refractivity contribution in [2.45, 2.75) is 6.42 Å². The average Bonchev–Trinajstić information content (AvgIpc) is 2.36. The molecule has 1 aromatic rings. The summed E-state index contributed by atoms with van der Waals surface area (Å²) in [5, 5.41) is 9.86. The molecular weight excluding hydrogens is 130 g/mol. The van der Waals surface area contributed by atoms with Crippen LogP contribution in [0.1, 0.15) is 22.6 Å². The second-order valence-corrected chi connectivity index (χ2v) is 2.09. The van der Waals surface area contributed by atoms with Gasteiger partial charge in [-0.1, -0.05) is 6.08 Å². The molecule has 0 amide bonds. The van der Waals surface area contributed by atoms with Crippen molar-refractivity contribution in [1.82, 2.24) is 15.4 Å². The number of ketones is 1. The molecule has 0 aliphatic heterocycles. The van der Waals surface area contributed by atoms with Crippen molar-refractivity contribution in [1.29, 1.82) is 0 Å². The Morgan fingerprint density at radius 3 is 3.20 bits per heavy atom. The van der Waals surface area contributed by atoms with E-state index in [0.717, 1.165) is 0 Å². The molecule has 0 radical (unpaired) electrons. The monoisotopic (exact) mass is 135 g/mol. The highest BCUT2D eigenvalue weighted by molar-refractivity contribution is 6.00. The zero-order valence-corrected chi connectivity index (χ0v) is 5.16. The molecule has 1 aliphatic carbocycles. The highest BCUT2D eigenvalue weighted by atomic mass is 16.1. The number of aromatic nitrogens is 3. The first-order valence-electron chi connectivity index (χ1n) is 2.98. The first kappa shape index (κ1) is 5.34. The fraction of sp³-hybridized carbons (Fsp3) is 0.167. The van der Waals surface area contributed by atoms with Crippen LogP contribution in [0.4, 0.5) is 0 Å². The maximum atomic E-state index is 11.0. The lowest BCUT2D eigenvalue weighted by molar-refractivity contribution is 0.0989. The van der Waals surface area contributed by atoms with E-state index in [1.54, 1.807) is 12.2 Å². The third-order valence-electron chi connectivity index (χ3n) is 1.42. The molecule has 1 heterocycles. The van der Waals surface area contributed by atoms with Crippen molar-refractivity contribution in [2.75, 3.05) is 0 Å². The molecule has 1 N–H and O–H groups in total. The minimum absolute atomic E-state index is 0.0336. The van der Waals surface area contributed by atoms with E-state index >= 15 is 0 Å². The second kappa shape index (κ2) is 1.76. The quantitative estimate of drug-likeness (QED) is 0.560. The van der Waals surface area contributed by atoms with Crippen molar-refractivity contribution >= 4 is 11.9 Å². The van der Waals surface area contributed by atoms with E-state index in [-0.39, 0.29) is 5.78 Å². The van der Waals surface area contributed by atoms with Crippen molar-refractivity contribution in [3.63, 3.8) is 0 Å². The van der Waals surface area contributed by atoms with Crippen LogP contribution in [-0.2, 0) is 0 Å². The van der Waals surface area contributed by atoms with Gasteiger partial charge in [-0.2, -0.15) is 15.4 Å². The number of carbonyl (C=O) groups excluding carboxylic acids is 1. The fourth-order valence-corrected chi connectivity index (χ4v) is 0.935. The van der Waals surface area contributed by atoms with E-state index in [2.05, 4.69) is 15.4 Å². The molecule has 1 aromatic heterocycles. The van der Waals surface area contributed by atoms with Gasteiger partial charge in [0.2, 0.25) is 0 Å². The molecule has 0 fully saturated rings. The van der Waals surface area contributed by atoms with E-state index in [4.69, 9.17) is 0 Å².